The molecule has 0 aromatic heterocycles. The highest BCUT2D eigenvalue weighted by atomic mass is 32.2. The molecule has 3 rings (SSSR count). The van der Waals surface area contributed by atoms with E-state index < -0.39 is 10.0 Å². The highest BCUT2D eigenvalue weighted by molar-refractivity contribution is 7.89. The van der Waals surface area contributed by atoms with Gasteiger partial charge in [-0.1, -0.05) is 0 Å². The Bertz CT molecular complexity index is 714. The Hall–Kier alpha value is -1.84. The molecule has 2 aliphatic rings. The van der Waals surface area contributed by atoms with Gasteiger partial charge in [-0.25, -0.2) is 8.42 Å². The van der Waals surface area contributed by atoms with Crippen LogP contribution >= 0.6 is 0 Å². The number of anilines is 1. The van der Waals surface area contributed by atoms with E-state index in [0.717, 1.165) is 0 Å². The average molecular weight is 355 g/mol. The van der Waals surface area contributed by atoms with Crippen LogP contribution in [0, 0.1) is 0 Å². The number of fused-ring (bicyclic) bond motifs is 1. The second kappa shape index (κ2) is 6.96. The Morgan fingerprint density at radius 1 is 1.17 bits per heavy atom. The highest BCUT2D eigenvalue weighted by Gasteiger charge is 2.26. The minimum absolute atomic E-state index is 0.0802. The summed E-state index contributed by atoms with van der Waals surface area (Å²) in [5.41, 5.74) is 0.557. The lowest BCUT2D eigenvalue weighted by atomic mass is 10.2. The van der Waals surface area contributed by atoms with Crippen molar-refractivity contribution in [2.24, 2.45) is 0 Å². The molecule has 2 heterocycles. The number of carbonyl (C=O) groups excluding carboxylic acids is 1. The Morgan fingerprint density at radius 3 is 2.62 bits per heavy atom. The fourth-order valence-electron chi connectivity index (χ4n) is 2.61. The summed E-state index contributed by atoms with van der Waals surface area (Å²) < 4.78 is 36.5. The van der Waals surface area contributed by atoms with E-state index in [1.54, 1.807) is 18.2 Å². The first-order valence-corrected chi connectivity index (χ1v) is 9.41. The van der Waals surface area contributed by atoms with Crippen LogP contribution in [0.15, 0.2) is 18.2 Å². The average Bonchev–Trinajstić information content (AvgIpc) is 3.01. The van der Waals surface area contributed by atoms with Crippen LogP contribution in [0.1, 0.15) is 6.42 Å². The molecule has 2 aliphatic heterocycles. The van der Waals surface area contributed by atoms with Gasteiger partial charge in [0.1, 0.15) is 0 Å². The fraction of sp³-hybridized carbons (Fsp3) is 0.533. The highest BCUT2D eigenvalue weighted by Crippen LogP contribution is 2.34. The van der Waals surface area contributed by atoms with Crippen molar-refractivity contribution in [1.29, 1.82) is 0 Å². The molecule has 1 aromatic carbocycles. The van der Waals surface area contributed by atoms with E-state index in [9.17, 15) is 13.2 Å². The molecular formula is C15H21N3O5S. The van der Waals surface area contributed by atoms with Gasteiger partial charge in [-0.3, -0.25) is 4.79 Å². The van der Waals surface area contributed by atoms with Gasteiger partial charge < -0.3 is 19.7 Å². The van der Waals surface area contributed by atoms with E-state index in [-0.39, 0.29) is 24.9 Å². The number of piperazine rings is 1. The van der Waals surface area contributed by atoms with Crippen molar-refractivity contribution >= 4 is 21.6 Å². The molecule has 0 aliphatic carbocycles. The minimum Gasteiger partial charge on any atom is -0.454 e. The number of hydrogen-bond donors (Lipinski definition) is 1. The van der Waals surface area contributed by atoms with Crippen molar-refractivity contribution in [3.8, 4) is 11.5 Å². The van der Waals surface area contributed by atoms with Crippen LogP contribution in [0.4, 0.5) is 5.69 Å². The lowest BCUT2D eigenvalue weighted by Crippen LogP contribution is -2.47. The van der Waals surface area contributed by atoms with Crippen LogP contribution < -0.4 is 14.8 Å². The molecule has 24 heavy (non-hydrogen) atoms. The topological polar surface area (TPSA) is 88.2 Å². The van der Waals surface area contributed by atoms with Gasteiger partial charge in [0.2, 0.25) is 22.7 Å². The predicted molar refractivity (Wildman–Crippen MR) is 88.7 cm³/mol. The molecule has 0 spiro atoms. The number of sulfonamides is 1. The zero-order valence-corrected chi connectivity index (χ0v) is 14.3. The molecule has 1 fully saturated rings. The lowest BCUT2D eigenvalue weighted by molar-refractivity contribution is -0.115. The molecule has 1 aromatic rings. The van der Waals surface area contributed by atoms with E-state index in [0.29, 0.717) is 43.4 Å². The second-order valence-corrected chi connectivity index (χ2v) is 7.97. The van der Waals surface area contributed by atoms with Crippen LogP contribution in [0.5, 0.6) is 11.5 Å². The molecule has 0 bridgehead atoms. The van der Waals surface area contributed by atoms with Gasteiger partial charge in [-0.2, -0.15) is 4.31 Å². The maximum atomic E-state index is 12.3. The predicted octanol–water partition coefficient (Wildman–Crippen LogP) is 0.321. The maximum absolute atomic E-state index is 12.3. The van der Waals surface area contributed by atoms with E-state index in [2.05, 4.69) is 10.2 Å². The number of likely N-dealkylation sites (N-methyl/N-ethyl adjacent to an activating group) is 1. The molecule has 1 amide bonds. The molecule has 1 N–H and O–H groups in total. The van der Waals surface area contributed by atoms with Gasteiger partial charge in [-0.15, -0.1) is 0 Å². The van der Waals surface area contributed by atoms with Crippen molar-refractivity contribution in [2.45, 2.75) is 6.42 Å². The number of carbonyl (C=O) groups is 1. The number of nitrogens with zero attached hydrogens (tertiary/aromatic N) is 2. The van der Waals surface area contributed by atoms with E-state index in [4.69, 9.17) is 9.47 Å². The molecule has 132 valence electrons. The smallest absolute Gasteiger partial charge is 0.231 e. The standard InChI is InChI=1S/C15H21N3O5S/c1-17-5-7-18(8-6-17)24(20,21)9-4-15(19)16-12-2-3-13-14(10-12)23-11-22-13/h2-3,10H,4-9,11H2,1H3,(H,16,19). The van der Waals surface area contributed by atoms with Gasteiger partial charge in [0.25, 0.3) is 0 Å². The molecule has 0 radical (unpaired) electrons. The normalized spacial score (nSPS) is 18.5. The summed E-state index contributed by atoms with van der Waals surface area (Å²) in [7, 11) is -1.44. The minimum atomic E-state index is -3.40. The number of ether oxygens (including phenoxy) is 2. The third-order valence-corrected chi connectivity index (χ3v) is 5.97. The fourth-order valence-corrected chi connectivity index (χ4v) is 4.04. The summed E-state index contributed by atoms with van der Waals surface area (Å²) in [5.74, 6) is 0.669. The molecule has 0 atom stereocenters. The van der Waals surface area contributed by atoms with Crippen LogP contribution in [-0.4, -0.2) is 69.3 Å². The first kappa shape index (κ1) is 17.0. The summed E-state index contributed by atoms with van der Waals surface area (Å²) >= 11 is 0. The summed E-state index contributed by atoms with van der Waals surface area (Å²) in [6.45, 7) is 2.53. The molecule has 1 saturated heterocycles. The van der Waals surface area contributed by atoms with Crippen LogP contribution in [-0.2, 0) is 14.8 Å². The Morgan fingerprint density at radius 2 is 1.88 bits per heavy atom. The molecule has 0 saturated carbocycles. The molecular weight excluding hydrogens is 334 g/mol. The van der Waals surface area contributed by atoms with E-state index in [1.165, 1.54) is 4.31 Å². The zero-order valence-electron chi connectivity index (χ0n) is 13.5. The monoisotopic (exact) mass is 355 g/mol. The van der Waals surface area contributed by atoms with E-state index >= 15 is 0 Å². The molecule has 8 nitrogen and oxygen atoms in total. The quantitative estimate of drug-likeness (QED) is 0.818. The molecule has 9 heteroatoms. The van der Waals surface area contributed by atoms with Gasteiger partial charge in [0.05, 0.1) is 5.75 Å². The summed E-state index contributed by atoms with van der Waals surface area (Å²) in [6.07, 6.45) is -0.0802. The Kier molecular flexibility index (Phi) is 4.93. The summed E-state index contributed by atoms with van der Waals surface area (Å²) in [6, 6.07) is 5.06. The van der Waals surface area contributed by atoms with Crippen LogP contribution in [0.2, 0.25) is 0 Å². The van der Waals surface area contributed by atoms with Gasteiger partial charge in [0, 0.05) is 44.4 Å². The third-order valence-electron chi connectivity index (χ3n) is 4.10. The first-order valence-electron chi connectivity index (χ1n) is 7.80. The van der Waals surface area contributed by atoms with Crippen molar-refractivity contribution in [1.82, 2.24) is 9.21 Å². The SMILES string of the molecule is CN1CCN(S(=O)(=O)CCC(=O)Nc2ccc3c(c2)OCO3)CC1. The number of hydrogen-bond acceptors (Lipinski definition) is 6. The number of benzene rings is 1. The van der Waals surface area contributed by atoms with Gasteiger partial charge in [0.15, 0.2) is 11.5 Å². The number of nitrogens with one attached hydrogen (secondary N) is 1. The van der Waals surface area contributed by atoms with Crippen molar-refractivity contribution < 1.29 is 22.7 Å². The van der Waals surface area contributed by atoms with Crippen molar-refractivity contribution in [3.63, 3.8) is 0 Å². The Labute approximate surface area is 141 Å². The van der Waals surface area contributed by atoms with Gasteiger partial charge >= 0.3 is 0 Å². The largest absolute Gasteiger partial charge is 0.454 e. The second-order valence-electron chi connectivity index (χ2n) is 5.88. The number of amides is 1. The summed E-state index contributed by atoms with van der Waals surface area (Å²) in [5, 5.41) is 2.69. The first-order chi connectivity index (χ1) is 11.4. The lowest BCUT2D eigenvalue weighted by Gasteiger charge is -2.31. The van der Waals surface area contributed by atoms with Crippen LogP contribution in [0.25, 0.3) is 0 Å². The third kappa shape index (κ3) is 3.97. The summed E-state index contributed by atoms with van der Waals surface area (Å²) in [4.78, 5) is 14.1. The molecule has 0 unspecified atom stereocenters. The van der Waals surface area contributed by atoms with Crippen LogP contribution in [0.3, 0.4) is 0 Å². The van der Waals surface area contributed by atoms with Gasteiger partial charge in [-0.05, 0) is 19.2 Å². The maximum Gasteiger partial charge on any atom is 0.231 e. The van der Waals surface area contributed by atoms with Crippen molar-refractivity contribution in [3.05, 3.63) is 18.2 Å². The Balaban J connectivity index is 1.52. The van der Waals surface area contributed by atoms with E-state index in [1.807, 2.05) is 7.05 Å². The zero-order chi connectivity index (χ0) is 17.2. The van der Waals surface area contributed by atoms with Crippen molar-refractivity contribution in [2.75, 3.05) is 51.1 Å². The number of rotatable bonds is 5.